The lowest BCUT2D eigenvalue weighted by Crippen LogP contribution is -2.46. The van der Waals surface area contributed by atoms with Gasteiger partial charge >= 0.3 is 6.18 Å². The highest BCUT2D eigenvalue weighted by Crippen LogP contribution is 2.35. The zero-order valence-corrected chi connectivity index (χ0v) is 24.5. The van der Waals surface area contributed by atoms with E-state index in [1.807, 2.05) is 22.7 Å². The number of rotatable bonds is 9. The van der Waals surface area contributed by atoms with Gasteiger partial charge in [0.25, 0.3) is 5.91 Å². The molecule has 0 spiro atoms. The molecule has 1 aromatic carbocycles. The Balaban J connectivity index is 1.20. The molecule has 0 bridgehead atoms. The van der Waals surface area contributed by atoms with Gasteiger partial charge in [-0.25, -0.2) is 4.39 Å². The van der Waals surface area contributed by atoms with E-state index in [-0.39, 0.29) is 48.6 Å². The molecule has 14 heteroatoms. The highest BCUT2D eigenvalue weighted by molar-refractivity contribution is 5.96. The molecule has 2 N–H and O–H groups in total. The first-order chi connectivity index (χ1) is 21.1. The van der Waals surface area contributed by atoms with Crippen molar-refractivity contribution in [1.82, 2.24) is 29.5 Å². The standard InChI is InChI=1S/C30H35F4N7O3/c1-39-10-9-24(22(31)16-39)36-23-4-3-5-25-21(23)13-26(41(25)17-30(32,33)34)28-37-27(44-38-28)14-35-29(42)18-8-11-40(15-18)19-6-7-20(12-19)43-2/h3-5,8,11,13,15,19-20,22,24,36H,6-7,9-10,12,14,16-17H2,1-2H3,(H,35,42)/t19-,20-,22+,24-/m1/s1. The summed E-state index contributed by atoms with van der Waals surface area (Å²) < 4.78 is 69.7. The van der Waals surface area contributed by atoms with Crippen molar-refractivity contribution in [2.45, 2.75) is 69.3 Å². The highest BCUT2D eigenvalue weighted by atomic mass is 19.4. The fourth-order valence-corrected chi connectivity index (χ4v) is 6.23. The van der Waals surface area contributed by atoms with Crippen LogP contribution < -0.4 is 10.6 Å². The largest absolute Gasteiger partial charge is 0.406 e. The maximum atomic E-state index is 14.8. The van der Waals surface area contributed by atoms with Crippen LogP contribution >= 0.6 is 0 Å². The van der Waals surface area contributed by atoms with Crippen molar-refractivity contribution >= 4 is 22.5 Å². The van der Waals surface area contributed by atoms with Crippen LogP contribution in [-0.4, -0.2) is 81.8 Å². The van der Waals surface area contributed by atoms with E-state index in [0.29, 0.717) is 35.1 Å². The zero-order valence-electron chi connectivity index (χ0n) is 24.5. The second-order valence-electron chi connectivity index (χ2n) is 11.7. The SMILES string of the molecule is CO[C@@H]1CC[C@@H](n2ccc(C(=O)NCc3nc(-c4cc5c(N[C@@H]6CCN(C)C[C@@H]6F)cccc5n4CC(F)(F)F)no3)c2)C1. The summed E-state index contributed by atoms with van der Waals surface area (Å²) in [6.07, 6.45) is 1.60. The fraction of sp³-hybridized carbons (Fsp3) is 0.500. The lowest BCUT2D eigenvalue weighted by Gasteiger charge is -2.33. The third-order valence-corrected chi connectivity index (χ3v) is 8.55. The predicted molar refractivity (Wildman–Crippen MR) is 155 cm³/mol. The van der Waals surface area contributed by atoms with Crippen LogP contribution in [-0.2, 0) is 17.8 Å². The van der Waals surface area contributed by atoms with Crippen molar-refractivity contribution in [2.75, 3.05) is 32.6 Å². The van der Waals surface area contributed by atoms with E-state index in [9.17, 15) is 22.4 Å². The lowest BCUT2D eigenvalue weighted by molar-refractivity contribution is -0.139. The Hall–Kier alpha value is -3.91. The number of carbonyl (C=O) groups is 1. The molecule has 1 saturated carbocycles. The number of fused-ring (bicyclic) bond motifs is 1. The molecule has 1 aliphatic heterocycles. The second kappa shape index (κ2) is 12.2. The molecule has 1 amide bonds. The van der Waals surface area contributed by atoms with Gasteiger partial charge in [0.2, 0.25) is 11.7 Å². The van der Waals surface area contributed by atoms with Crippen molar-refractivity contribution in [3.8, 4) is 11.5 Å². The molecule has 236 valence electrons. The molecular weight excluding hydrogens is 582 g/mol. The van der Waals surface area contributed by atoms with Crippen LogP contribution in [0.25, 0.3) is 22.4 Å². The molecule has 2 fully saturated rings. The van der Waals surface area contributed by atoms with Gasteiger partial charge in [0.15, 0.2) is 0 Å². The minimum atomic E-state index is -4.53. The van der Waals surface area contributed by atoms with Gasteiger partial charge in [0.05, 0.1) is 35.5 Å². The van der Waals surface area contributed by atoms with Gasteiger partial charge in [-0.1, -0.05) is 11.2 Å². The molecule has 0 radical (unpaired) electrons. The van der Waals surface area contributed by atoms with E-state index < -0.39 is 24.9 Å². The molecule has 44 heavy (non-hydrogen) atoms. The second-order valence-corrected chi connectivity index (χ2v) is 11.7. The van der Waals surface area contributed by atoms with Crippen molar-refractivity contribution in [2.24, 2.45) is 0 Å². The molecule has 4 atom stereocenters. The average Bonchev–Trinajstić information content (AvgIpc) is 3.79. The number of nitrogens with zero attached hydrogens (tertiary/aromatic N) is 5. The van der Waals surface area contributed by atoms with Crippen molar-refractivity contribution in [3.05, 3.63) is 54.2 Å². The number of aromatic nitrogens is 4. The number of anilines is 1. The smallest absolute Gasteiger partial charge is 0.381 e. The van der Waals surface area contributed by atoms with Gasteiger partial charge in [0, 0.05) is 49.7 Å². The number of benzene rings is 1. The number of methoxy groups -OCH3 is 1. The first kappa shape index (κ1) is 30.1. The van der Waals surface area contributed by atoms with E-state index in [4.69, 9.17) is 9.26 Å². The molecule has 4 heterocycles. The number of carbonyl (C=O) groups excluding carboxylic acids is 1. The summed E-state index contributed by atoms with van der Waals surface area (Å²) in [5, 5.41) is 10.4. The summed E-state index contributed by atoms with van der Waals surface area (Å²) >= 11 is 0. The maximum Gasteiger partial charge on any atom is 0.406 e. The van der Waals surface area contributed by atoms with Gasteiger partial charge in [-0.05, 0) is 57.0 Å². The first-order valence-corrected chi connectivity index (χ1v) is 14.7. The lowest BCUT2D eigenvalue weighted by atomic mass is 10.0. The van der Waals surface area contributed by atoms with Gasteiger partial charge in [-0.2, -0.15) is 18.2 Å². The number of likely N-dealkylation sites (tertiary alicyclic amines) is 1. The molecule has 10 nitrogen and oxygen atoms in total. The molecule has 0 unspecified atom stereocenters. The van der Waals surface area contributed by atoms with E-state index in [1.54, 1.807) is 43.6 Å². The molecule has 4 aromatic rings. The van der Waals surface area contributed by atoms with Crippen LogP contribution in [0.15, 0.2) is 47.2 Å². The van der Waals surface area contributed by atoms with Gasteiger partial charge < -0.3 is 33.9 Å². The third-order valence-electron chi connectivity index (χ3n) is 8.55. The topological polar surface area (TPSA) is 102 Å². The van der Waals surface area contributed by atoms with Crippen molar-refractivity contribution in [3.63, 3.8) is 0 Å². The summed E-state index contributed by atoms with van der Waals surface area (Å²) in [4.78, 5) is 19.0. The number of piperidine rings is 1. The van der Waals surface area contributed by atoms with E-state index in [1.165, 1.54) is 0 Å². The Morgan fingerprint density at radius 2 is 2.05 bits per heavy atom. The number of amides is 1. The number of hydrogen-bond donors (Lipinski definition) is 2. The molecule has 1 aliphatic carbocycles. The minimum Gasteiger partial charge on any atom is -0.381 e. The quantitative estimate of drug-likeness (QED) is 0.250. The first-order valence-electron chi connectivity index (χ1n) is 14.7. The van der Waals surface area contributed by atoms with E-state index >= 15 is 0 Å². The van der Waals surface area contributed by atoms with Crippen LogP contribution in [0.5, 0.6) is 0 Å². The normalized spacial score (nSPS) is 23.0. The van der Waals surface area contributed by atoms with E-state index in [0.717, 1.165) is 23.8 Å². The number of alkyl halides is 4. The monoisotopic (exact) mass is 617 g/mol. The molecular formula is C30H35F4N7O3. The number of nitrogens with one attached hydrogen (secondary N) is 2. The van der Waals surface area contributed by atoms with Crippen LogP contribution in [0, 0.1) is 0 Å². The van der Waals surface area contributed by atoms with Crippen molar-refractivity contribution < 1.29 is 31.6 Å². The van der Waals surface area contributed by atoms with Crippen LogP contribution in [0.4, 0.5) is 23.2 Å². The molecule has 3 aromatic heterocycles. The summed E-state index contributed by atoms with van der Waals surface area (Å²) in [6.45, 7) is -0.402. The van der Waals surface area contributed by atoms with Gasteiger partial charge in [-0.15, -0.1) is 0 Å². The zero-order chi connectivity index (χ0) is 31.0. The summed E-state index contributed by atoms with van der Waals surface area (Å²) in [5.41, 5.74) is 1.39. The number of ether oxygens (including phenoxy) is 1. The van der Waals surface area contributed by atoms with E-state index in [2.05, 4.69) is 20.8 Å². The van der Waals surface area contributed by atoms with Gasteiger partial charge in [-0.3, -0.25) is 4.79 Å². The van der Waals surface area contributed by atoms with Gasteiger partial charge in [0.1, 0.15) is 12.7 Å². The Morgan fingerprint density at radius 3 is 2.80 bits per heavy atom. The third kappa shape index (κ3) is 6.46. The minimum absolute atomic E-state index is 0.0419. The maximum absolute atomic E-state index is 14.8. The van der Waals surface area contributed by atoms with Crippen LogP contribution in [0.2, 0.25) is 0 Å². The summed E-state index contributed by atoms with van der Waals surface area (Å²) in [7, 11) is 3.55. The van der Waals surface area contributed by atoms with Crippen molar-refractivity contribution in [1.29, 1.82) is 0 Å². The number of hydrogen-bond acceptors (Lipinski definition) is 7. The Bertz CT molecular complexity index is 1610. The van der Waals surface area contributed by atoms with Crippen LogP contribution in [0.1, 0.15) is 48.0 Å². The Morgan fingerprint density at radius 1 is 1.20 bits per heavy atom. The summed E-state index contributed by atoms with van der Waals surface area (Å²) in [5.74, 6) is -0.351. The summed E-state index contributed by atoms with van der Waals surface area (Å²) in [6, 6.07) is 8.02. The molecule has 1 saturated heterocycles. The Kier molecular flexibility index (Phi) is 8.38. The fourth-order valence-electron chi connectivity index (χ4n) is 6.23. The molecule has 6 rings (SSSR count). The highest BCUT2D eigenvalue weighted by Gasteiger charge is 2.32. The predicted octanol–water partition coefficient (Wildman–Crippen LogP) is 5.18. The Labute approximate surface area is 251 Å². The average molecular weight is 618 g/mol. The van der Waals surface area contributed by atoms with Crippen LogP contribution in [0.3, 0.4) is 0 Å². The molecule has 2 aliphatic rings. The number of halogens is 4.